The molecule has 2 atom stereocenters. The highest BCUT2D eigenvalue weighted by molar-refractivity contribution is 5.94. The molecule has 1 aromatic carbocycles. The van der Waals surface area contributed by atoms with Gasteiger partial charge in [-0.05, 0) is 83.2 Å². The Labute approximate surface area is 174 Å². The summed E-state index contributed by atoms with van der Waals surface area (Å²) >= 11 is 0. The van der Waals surface area contributed by atoms with Crippen molar-refractivity contribution >= 4 is 12.0 Å². The monoisotopic (exact) mass is 401 g/mol. The van der Waals surface area contributed by atoms with Crippen molar-refractivity contribution in [2.24, 2.45) is 5.92 Å². The van der Waals surface area contributed by atoms with Gasteiger partial charge in [-0.1, -0.05) is 18.6 Å². The maximum Gasteiger partial charge on any atom is 0.407 e. The number of rotatable bonds is 5. The van der Waals surface area contributed by atoms with E-state index in [0.717, 1.165) is 12.1 Å². The number of hydrogen-bond acceptors (Lipinski definition) is 4. The van der Waals surface area contributed by atoms with Crippen molar-refractivity contribution in [3.05, 3.63) is 35.4 Å². The molecule has 1 aromatic rings. The Hall–Kier alpha value is -2.08. The first-order chi connectivity index (χ1) is 13.8. The number of piperidine rings is 2. The summed E-state index contributed by atoms with van der Waals surface area (Å²) in [5, 5.41) is 5.87. The van der Waals surface area contributed by atoms with Gasteiger partial charge >= 0.3 is 6.09 Å². The molecular formula is C23H35N3O3. The average molecular weight is 402 g/mol. The zero-order valence-corrected chi connectivity index (χ0v) is 18.0. The maximum atomic E-state index is 12.6. The number of fused-ring (bicyclic) bond motifs is 1. The van der Waals surface area contributed by atoms with Crippen LogP contribution >= 0.6 is 0 Å². The third-order valence-corrected chi connectivity index (χ3v) is 5.81. The number of nitrogens with one attached hydrogen (secondary N) is 2. The molecule has 2 fully saturated rings. The minimum Gasteiger partial charge on any atom is -0.444 e. The molecule has 2 heterocycles. The largest absolute Gasteiger partial charge is 0.444 e. The van der Waals surface area contributed by atoms with Crippen LogP contribution in [-0.4, -0.2) is 48.2 Å². The topological polar surface area (TPSA) is 70.7 Å². The van der Waals surface area contributed by atoms with E-state index in [1.807, 2.05) is 45.0 Å². The van der Waals surface area contributed by atoms with Gasteiger partial charge in [0.2, 0.25) is 0 Å². The number of amides is 2. The summed E-state index contributed by atoms with van der Waals surface area (Å²) in [4.78, 5) is 26.9. The molecule has 160 valence electrons. The van der Waals surface area contributed by atoms with Gasteiger partial charge in [0.05, 0.1) is 0 Å². The maximum absolute atomic E-state index is 12.6. The lowest BCUT2D eigenvalue weighted by Gasteiger charge is -2.44. The minimum atomic E-state index is -0.515. The molecule has 0 radical (unpaired) electrons. The molecule has 2 aliphatic rings. The van der Waals surface area contributed by atoms with E-state index >= 15 is 0 Å². The molecule has 2 saturated heterocycles. The summed E-state index contributed by atoms with van der Waals surface area (Å²) in [6.07, 6.45) is 5.88. The van der Waals surface area contributed by atoms with Crippen molar-refractivity contribution in [3.8, 4) is 0 Å². The second kappa shape index (κ2) is 9.61. The molecule has 6 heteroatoms. The van der Waals surface area contributed by atoms with Gasteiger partial charge in [-0.25, -0.2) is 4.79 Å². The SMILES string of the molecule is CC(C)(C)OC(=O)NCc1ccc(C(=O)NC[C@@H]2CCCN3CCCC[C@H]23)cc1. The van der Waals surface area contributed by atoms with Crippen LogP contribution in [0.25, 0.3) is 0 Å². The van der Waals surface area contributed by atoms with Gasteiger partial charge in [0.1, 0.15) is 5.60 Å². The molecule has 0 saturated carbocycles. The zero-order valence-electron chi connectivity index (χ0n) is 18.0. The van der Waals surface area contributed by atoms with E-state index in [1.165, 1.54) is 45.2 Å². The second-order valence-electron chi connectivity index (χ2n) is 9.26. The number of benzene rings is 1. The quantitative estimate of drug-likeness (QED) is 0.789. The molecule has 2 aliphatic heterocycles. The van der Waals surface area contributed by atoms with Gasteiger partial charge in [0, 0.05) is 24.7 Å². The van der Waals surface area contributed by atoms with E-state index in [0.29, 0.717) is 24.1 Å². The Morgan fingerprint density at radius 3 is 2.48 bits per heavy atom. The van der Waals surface area contributed by atoms with Crippen LogP contribution in [0.3, 0.4) is 0 Å². The van der Waals surface area contributed by atoms with Crippen LogP contribution in [0.5, 0.6) is 0 Å². The van der Waals surface area contributed by atoms with Gasteiger partial charge < -0.3 is 20.3 Å². The highest BCUT2D eigenvalue weighted by Gasteiger charge is 2.32. The molecule has 0 bridgehead atoms. The summed E-state index contributed by atoms with van der Waals surface area (Å²) in [6, 6.07) is 8.01. The Bertz CT molecular complexity index is 694. The summed E-state index contributed by atoms with van der Waals surface area (Å²) in [6.45, 7) is 9.05. The first-order valence-electron chi connectivity index (χ1n) is 10.9. The second-order valence-corrected chi connectivity index (χ2v) is 9.26. The average Bonchev–Trinajstić information content (AvgIpc) is 2.69. The van der Waals surface area contributed by atoms with Crippen molar-refractivity contribution < 1.29 is 14.3 Å². The summed E-state index contributed by atoms with van der Waals surface area (Å²) < 4.78 is 5.23. The first-order valence-corrected chi connectivity index (χ1v) is 10.9. The smallest absolute Gasteiger partial charge is 0.407 e. The molecule has 3 rings (SSSR count). The highest BCUT2D eigenvalue weighted by Crippen LogP contribution is 2.30. The molecule has 6 nitrogen and oxygen atoms in total. The van der Waals surface area contributed by atoms with Gasteiger partial charge in [0.15, 0.2) is 0 Å². The predicted molar refractivity (Wildman–Crippen MR) is 114 cm³/mol. The van der Waals surface area contributed by atoms with E-state index in [-0.39, 0.29) is 5.91 Å². The molecule has 2 N–H and O–H groups in total. The van der Waals surface area contributed by atoms with Gasteiger partial charge in [-0.3, -0.25) is 4.79 Å². The number of carbonyl (C=O) groups is 2. The van der Waals surface area contributed by atoms with Crippen molar-refractivity contribution in [2.45, 2.75) is 71.1 Å². The van der Waals surface area contributed by atoms with Crippen LogP contribution in [0.1, 0.15) is 68.8 Å². The Morgan fingerprint density at radius 1 is 1.03 bits per heavy atom. The van der Waals surface area contributed by atoms with Crippen molar-refractivity contribution in [3.63, 3.8) is 0 Å². The van der Waals surface area contributed by atoms with Gasteiger partial charge in [-0.2, -0.15) is 0 Å². The van der Waals surface area contributed by atoms with Crippen LogP contribution in [0.2, 0.25) is 0 Å². The van der Waals surface area contributed by atoms with Crippen molar-refractivity contribution in [1.82, 2.24) is 15.5 Å². The molecule has 29 heavy (non-hydrogen) atoms. The predicted octanol–water partition coefficient (Wildman–Crippen LogP) is 3.71. The number of alkyl carbamates (subject to hydrolysis) is 1. The van der Waals surface area contributed by atoms with E-state index in [1.54, 1.807) is 0 Å². The van der Waals surface area contributed by atoms with E-state index in [2.05, 4.69) is 15.5 Å². The Morgan fingerprint density at radius 2 is 1.76 bits per heavy atom. The van der Waals surface area contributed by atoms with Crippen molar-refractivity contribution in [1.29, 1.82) is 0 Å². The van der Waals surface area contributed by atoms with Gasteiger partial charge in [-0.15, -0.1) is 0 Å². The fourth-order valence-electron chi connectivity index (χ4n) is 4.40. The number of hydrogen-bond donors (Lipinski definition) is 2. The zero-order chi connectivity index (χ0) is 20.9. The van der Waals surface area contributed by atoms with Crippen LogP contribution in [0.15, 0.2) is 24.3 Å². The number of nitrogens with zero attached hydrogens (tertiary/aromatic N) is 1. The van der Waals surface area contributed by atoms with E-state index in [9.17, 15) is 9.59 Å². The summed E-state index contributed by atoms with van der Waals surface area (Å²) in [5.41, 5.74) is 1.07. The molecule has 2 amide bonds. The van der Waals surface area contributed by atoms with Crippen LogP contribution in [0, 0.1) is 5.92 Å². The first kappa shape index (κ1) is 21.6. The van der Waals surface area contributed by atoms with Crippen molar-refractivity contribution in [2.75, 3.05) is 19.6 Å². The Balaban J connectivity index is 1.46. The summed E-state index contributed by atoms with van der Waals surface area (Å²) in [5.74, 6) is 0.537. The normalized spacial score (nSPS) is 22.4. The fourth-order valence-corrected chi connectivity index (χ4v) is 4.40. The van der Waals surface area contributed by atoms with Crippen LogP contribution in [0.4, 0.5) is 4.79 Å². The van der Waals surface area contributed by atoms with E-state index in [4.69, 9.17) is 4.74 Å². The van der Waals surface area contributed by atoms with Gasteiger partial charge in [0.25, 0.3) is 5.91 Å². The lowest BCUT2D eigenvalue weighted by molar-refractivity contribution is 0.0523. The highest BCUT2D eigenvalue weighted by atomic mass is 16.6. The van der Waals surface area contributed by atoms with E-state index < -0.39 is 11.7 Å². The molecule has 0 unspecified atom stereocenters. The fraction of sp³-hybridized carbons (Fsp3) is 0.652. The third-order valence-electron chi connectivity index (χ3n) is 5.81. The number of carbonyl (C=O) groups excluding carboxylic acids is 2. The molecule has 0 aromatic heterocycles. The number of ether oxygens (including phenoxy) is 1. The standard InChI is InChI=1S/C23H35N3O3/c1-23(2,3)29-22(28)25-15-17-9-11-18(12-10-17)21(27)24-16-19-7-6-14-26-13-5-4-8-20(19)26/h9-12,19-20H,4-8,13-16H2,1-3H3,(H,24,27)(H,25,28)/t19-,20+/m0/s1. The minimum absolute atomic E-state index is 0.0235. The lowest BCUT2D eigenvalue weighted by Crippen LogP contribution is -2.51. The summed E-state index contributed by atoms with van der Waals surface area (Å²) in [7, 11) is 0. The third kappa shape index (κ3) is 6.46. The van der Waals surface area contributed by atoms with Crippen LogP contribution in [-0.2, 0) is 11.3 Å². The van der Waals surface area contributed by atoms with Crippen LogP contribution < -0.4 is 10.6 Å². The molecular weight excluding hydrogens is 366 g/mol. The molecule has 0 aliphatic carbocycles. The lowest BCUT2D eigenvalue weighted by atomic mass is 9.83. The Kier molecular flexibility index (Phi) is 7.17. The molecule has 0 spiro atoms.